The van der Waals surface area contributed by atoms with Crippen molar-refractivity contribution in [2.75, 3.05) is 6.73 Å². The molecule has 2 N–H and O–H groups in total. The number of aliphatic hydroxyl groups is 1. The lowest BCUT2D eigenvalue weighted by Gasteiger charge is -2.59. The van der Waals surface area contributed by atoms with Crippen molar-refractivity contribution in [2.24, 2.45) is 22.7 Å². The van der Waals surface area contributed by atoms with Crippen LogP contribution in [-0.4, -0.2) is 29.3 Å². The summed E-state index contributed by atoms with van der Waals surface area (Å²) in [6.45, 7) is 5.55. The minimum Gasteiger partial charge on any atom is -0.444 e. The summed E-state index contributed by atoms with van der Waals surface area (Å²) in [5, 5.41) is 13.5. The molecule has 4 aliphatic rings. The lowest BCUT2D eigenvalue weighted by atomic mass is 9.47. The first-order valence-electron chi connectivity index (χ1n) is 8.86. The maximum absolute atomic E-state index is 12.7. The summed E-state index contributed by atoms with van der Waals surface area (Å²) in [4.78, 5) is 24.7. The molecule has 0 spiro atoms. The summed E-state index contributed by atoms with van der Waals surface area (Å²) in [5.41, 5.74) is -1.63. The van der Waals surface area contributed by atoms with Crippen LogP contribution in [-0.2, 0) is 14.3 Å². The highest BCUT2D eigenvalue weighted by molar-refractivity contribution is 5.83. The van der Waals surface area contributed by atoms with Crippen LogP contribution in [0.5, 0.6) is 0 Å². The third-order valence-corrected chi connectivity index (χ3v) is 6.38. The number of hydrogen-bond acceptors (Lipinski definition) is 4. The number of nitrogens with one attached hydrogen (secondary N) is 1. The standard InChI is InChI=1S/C18H29NO4/c1-4-16(2,3)15(21)23-11-19-14(20)17-6-12-5-13(7-17)9-18(22,8-12)10-17/h12-13,22H,4-11H2,1-3H3,(H,19,20). The second-order valence-electron chi connectivity index (χ2n) is 8.79. The lowest BCUT2D eigenvalue weighted by Crippen LogP contribution is -2.60. The summed E-state index contributed by atoms with van der Waals surface area (Å²) in [6, 6.07) is 0. The second kappa shape index (κ2) is 5.47. The van der Waals surface area contributed by atoms with Crippen molar-refractivity contribution in [2.45, 2.75) is 71.3 Å². The van der Waals surface area contributed by atoms with E-state index in [-0.39, 0.29) is 18.6 Å². The van der Waals surface area contributed by atoms with Gasteiger partial charge in [0.15, 0.2) is 6.73 Å². The van der Waals surface area contributed by atoms with Gasteiger partial charge in [-0.25, -0.2) is 0 Å². The van der Waals surface area contributed by atoms with Crippen LogP contribution in [0.15, 0.2) is 0 Å². The fourth-order valence-electron chi connectivity index (χ4n) is 5.17. The van der Waals surface area contributed by atoms with Gasteiger partial charge in [-0.05, 0) is 70.6 Å². The van der Waals surface area contributed by atoms with E-state index in [9.17, 15) is 14.7 Å². The molecule has 130 valence electrons. The van der Waals surface area contributed by atoms with Gasteiger partial charge < -0.3 is 15.2 Å². The molecule has 0 saturated heterocycles. The molecule has 4 rings (SSSR count). The van der Waals surface area contributed by atoms with Gasteiger partial charge in [-0.15, -0.1) is 0 Å². The summed E-state index contributed by atoms with van der Waals surface area (Å²) in [5.74, 6) is 0.596. The minimum absolute atomic E-state index is 0.0490. The van der Waals surface area contributed by atoms with Crippen molar-refractivity contribution >= 4 is 11.9 Å². The van der Waals surface area contributed by atoms with Crippen LogP contribution in [0, 0.1) is 22.7 Å². The van der Waals surface area contributed by atoms with E-state index in [1.807, 2.05) is 20.8 Å². The molecule has 4 fully saturated rings. The zero-order valence-electron chi connectivity index (χ0n) is 14.5. The third kappa shape index (κ3) is 3.00. The summed E-state index contributed by atoms with van der Waals surface area (Å²) in [6.07, 6.45) is 5.83. The van der Waals surface area contributed by atoms with E-state index in [0.29, 0.717) is 24.7 Å². The van der Waals surface area contributed by atoms with Crippen LogP contribution in [0.4, 0.5) is 0 Å². The van der Waals surface area contributed by atoms with Gasteiger partial charge in [0, 0.05) is 0 Å². The van der Waals surface area contributed by atoms with Gasteiger partial charge in [-0.2, -0.15) is 0 Å². The topological polar surface area (TPSA) is 75.6 Å². The SMILES string of the molecule is CCC(C)(C)C(=O)OCNC(=O)C12CC3CC(CC(O)(C3)C1)C2. The number of amides is 1. The highest BCUT2D eigenvalue weighted by atomic mass is 16.5. The summed E-state index contributed by atoms with van der Waals surface area (Å²) >= 11 is 0. The monoisotopic (exact) mass is 323 g/mol. The number of carbonyl (C=O) groups is 2. The van der Waals surface area contributed by atoms with E-state index in [2.05, 4.69) is 5.32 Å². The second-order valence-corrected chi connectivity index (χ2v) is 8.79. The van der Waals surface area contributed by atoms with Crippen LogP contribution in [0.1, 0.15) is 65.7 Å². The zero-order chi connectivity index (χ0) is 16.9. The molecule has 4 aliphatic carbocycles. The van der Waals surface area contributed by atoms with Crippen LogP contribution in [0.2, 0.25) is 0 Å². The van der Waals surface area contributed by atoms with Crippen molar-refractivity contribution in [1.29, 1.82) is 0 Å². The van der Waals surface area contributed by atoms with Crippen LogP contribution in [0.3, 0.4) is 0 Å². The quantitative estimate of drug-likeness (QED) is 0.601. The molecule has 0 aromatic heterocycles. The molecule has 0 heterocycles. The van der Waals surface area contributed by atoms with Crippen molar-refractivity contribution in [1.82, 2.24) is 5.32 Å². The Kier molecular flexibility index (Phi) is 3.98. The van der Waals surface area contributed by atoms with E-state index in [1.54, 1.807) is 0 Å². The highest BCUT2D eigenvalue weighted by Gasteiger charge is 2.60. The van der Waals surface area contributed by atoms with Crippen molar-refractivity contribution in [3.63, 3.8) is 0 Å². The first kappa shape index (κ1) is 16.7. The van der Waals surface area contributed by atoms with E-state index in [1.165, 1.54) is 0 Å². The maximum Gasteiger partial charge on any atom is 0.313 e. The number of rotatable bonds is 5. The number of ether oxygens (including phenoxy) is 1. The fraction of sp³-hybridized carbons (Fsp3) is 0.889. The molecule has 1 amide bonds. The molecule has 4 saturated carbocycles. The number of hydrogen-bond donors (Lipinski definition) is 2. The van der Waals surface area contributed by atoms with Crippen LogP contribution < -0.4 is 5.32 Å². The molecule has 2 unspecified atom stereocenters. The Labute approximate surface area is 138 Å². The molecule has 0 aromatic carbocycles. The first-order valence-corrected chi connectivity index (χ1v) is 8.86. The Bertz CT molecular complexity index is 499. The molecular weight excluding hydrogens is 294 g/mol. The molecule has 2 atom stereocenters. The molecule has 0 aliphatic heterocycles. The normalized spacial score (nSPS) is 38.4. The van der Waals surface area contributed by atoms with Crippen LogP contribution >= 0.6 is 0 Å². The van der Waals surface area contributed by atoms with Gasteiger partial charge in [0.25, 0.3) is 0 Å². The largest absolute Gasteiger partial charge is 0.444 e. The van der Waals surface area contributed by atoms with E-state index >= 15 is 0 Å². The Morgan fingerprint density at radius 1 is 1.22 bits per heavy atom. The Hall–Kier alpha value is -1.10. The van der Waals surface area contributed by atoms with Gasteiger partial charge in [-0.1, -0.05) is 6.92 Å². The van der Waals surface area contributed by atoms with Gasteiger partial charge in [0.05, 0.1) is 16.4 Å². The predicted molar refractivity (Wildman–Crippen MR) is 85.2 cm³/mol. The first-order chi connectivity index (χ1) is 10.7. The van der Waals surface area contributed by atoms with Gasteiger partial charge in [-0.3, -0.25) is 9.59 Å². The van der Waals surface area contributed by atoms with Gasteiger partial charge >= 0.3 is 5.97 Å². The predicted octanol–water partition coefficient (Wildman–Crippen LogP) is 2.37. The maximum atomic E-state index is 12.7. The summed E-state index contributed by atoms with van der Waals surface area (Å²) in [7, 11) is 0. The molecule has 5 heteroatoms. The molecular formula is C18H29NO4. The Morgan fingerprint density at radius 2 is 1.83 bits per heavy atom. The minimum atomic E-state index is -0.650. The molecule has 0 radical (unpaired) electrons. The van der Waals surface area contributed by atoms with Crippen molar-refractivity contribution < 1.29 is 19.4 Å². The Balaban J connectivity index is 1.58. The molecule has 23 heavy (non-hydrogen) atoms. The van der Waals surface area contributed by atoms with E-state index in [0.717, 1.165) is 32.1 Å². The summed E-state index contributed by atoms with van der Waals surface area (Å²) < 4.78 is 5.22. The highest BCUT2D eigenvalue weighted by Crippen LogP contribution is 2.61. The lowest BCUT2D eigenvalue weighted by molar-refractivity contribution is -0.180. The number of carbonyl (C=O) groups excluding carboxylic acids is 2. The van der Waals surface area contributed by atoms with Gasteiger partial charge in [0.1, 0.15) is 0 Å². The fourth-order valence-corrected chi connectivity index (χ4v) is 5.17. The average molecular weight is 323 g/mol. The zero-order valence-corrected chi connectivity index (χ0v) is 14.5. The average Bonchev–Trinajstić information content (AvgIpc) is 2.44. The van der Waals surface area contributed by atoms with Crippen LogP contribution in [0.25, 0.3) is 0 Å². The molecule has 0 aromatic rings. The Morgan fingerprint density at radius 3 is 2.35 bits per heavy atom. The number of esters is 1. The van der Waals surface area contributed by atoms with Gasteiger partial charge in [0.2, 0.25) is 5.91 Å². The van der Waals surface area contributed by atoms with Crippen molar-refractivity contribution in [3.8, 4) is 0 Å². The van der Waals surface area contributed by atoms with Crippen molar-refractivity contribution in [3.05, 3.63) is 0 Å². The van der Waals surface area contributed by atoms with E-state index in [4.69, 9.17) is 4.74 Å². The molecule has 4 bridgehead atoms. The smallest absolute Gasteiger partial charge is 0.313 e. The third-order valence-electron chi connectivity index (χ3n) is 6.38. The van der Waals surface area contributed by atoms with E-state index < -0.39 is 16.4 Å². The molecule has 5 nitrogen and oxygen atoms in total.